The van der Waals surface area contributed by atoms with Crippen molar-refractivity contribution in [2.75, 3.05) is 18.9 Å². The van der Waals surface area contributed by atoms with Gasteiger partial charge in [0.15, 0.2) is 0 Å². The Kier molecular flexibility index (Phi) is 2.64. The van der Waals surface area contributed by atoms with Gasteiger partial charge < -0.3 is 5.32 Å². The summed E-state index contributed by atoms with van der Waals surface area (Å²) >= 11 is 0. The number of imide groups is 1. The fourth-order valence-electron chi connectivity index (χ4n) is 1.97. The summed E-state index contributed by atoms with van der Waals surface area (Å²) in [4.78, 5) is 25.3. The summed E-state index contributed by atoms with van der Waals surface area (Å²) in [7, 11) is 1.75. The van der Waals surface area contributed by atoms with E-state index < -0.39 is 0 Å². The molecule has 0 saturated carbocycles. The van der Waals surface area contributed by atoms with Crippen molar-refractivity contribution in [1.82, 2.24) is 4.90 Å². The Morgan fingerprint density at radius 2 is 2.00 bits per heavy atom. The van der Waals surface area contributed by atoms with Crippen LogP contribution in [0.1, 0.15) is 34.1 Å². The molecule has 0 unspecified atom stereocenters. The normalized spacial score (nSPS) is 14.2. The van der Waals surface area contributed by atoms with Crippen molar-refractivity contribution < 1.29 is 9.59 Å². The van der Waals surface area contributed by atoms with Gasteiger partial charge in [0.25, 0.3) is 11.8 Å². The Labute approximate surface area is 94.2 Å². The van der Waals surface area contributed by atoms with Crippen molar-refractivity contribution in [2.45, 2.75) is 13.3 Å². The standard InChI is InChI=1S/C12H14N2O2/c1-3-7-14-11(15)8-5-4-6-9(13-2)10(8)12(14)16/h4-6,13H,3,7H2,1-2H3. The number of fused-ring (bicyclic) bond motifs is 1. The van der Waals surface area contributed by atoms with Crippen molar-refractivity contribution in [2.24, 2.45) is 0 Å². The molecule has 0 aliphatic carbocycles. The summed E-state index contributed by atoms with van der Waals surface area (Å²) < 4.78 is 0. The van der Waals surface area contributed by atoms with Gasteiger partial charge in [-0.3, -0.25) is 14.5 Å². The van der Waals surface area contributed by atoms with Crippen molar-refractivity contribution in [1.29, 1.82) is 0 Å². The van der Waals surface area contributed by atoms with Gasteiger partial charge in [-0.1, -0.05) is 13.0 Å². The second kappa shape index (κ2) is 3.96. The van der Waals surface area contributed by atoms with E-state index >= 15 is 0 Å². The average molecular weight is 218 g/mol. The second-order valence-electron chi connectivity index (χ2n) is 3.74. The van der Waals surface area contributed by atoms with Gasteiger partial charge in [-0.2, -0.15) is 0 Å². The largest absolute Gasteiger partial charge is 0.387 e. The predicted molar refractivity (Wildman–Crippen MR) is 61.6 cm³/mol. The zero-order valence-corrected chi connectivity index (χ0v) is 9.41. The van der Waals surface area contributed by atoms with Crippen LogP contribution >= 0.6 is 0 Å². The molecule has 2 rings (SSSR count). The molecule has 0 bridgehead atoms. The molecule has 1 heterocycles. The van der Waals surface area contributed by atoms with Crippen LogP contribution in [0.5, 0.6) is 0 Å². The number of nitrogens with zero attached hydrogens (tertiary/aromatic N) is 1. The number of benzene rings is 1. The molecule has 1 N–H and O–H groups in total. The highest BCUT2D eigenvalue weighted by molar-refractivity contribution is 6.23. The Morgan fingerprint density at radius 3 is 2.62 bits per heavy atom. The maximum absolute atomic E-state index is 12.0. The fourth-order valence-corrected chi connectivity index (χ4v) is 1.97. The first kappa shape index (κ1) is 10.7. The van der Waals surface area contributed by atoms with E-state index in [2.05, 4.69) is 5.32 Å². The number of hydrogen-bond acceptors (Lipinski definition) is 3. The lowest BCUT2D eigenvalue weighted by atomic mass is 10.1. The van der Waals surface area contributed by atoms with Crippen molar-refractivity contribution in [3.05, 3.63) is 29.3 Å². The molecular formula is C12H14N2O2. The second-order valence-corrected chi connectivity index (χ2v) is 3.74. The maximum atomic E-state index is 12.0. The van der Waals surface area contributed by atoms with E-state index in [0.29, 0.717) is 17.7 Å². The zero-order chi connectivity index (χ0) is 11.7. The van der Waals surface area contributed by atoms with Crippen molar-refractivity contribution in [3.8, 4) is 0 Å². The Hall–Kier alpha value is -1.84. The molecule has 2 amide bonds. The Morgan fingerprint density at radius 1 is 1.25 bits per heavy atom. The molecule has 0 atom stereocenters. The van der Waals surface area contributed by atoms with Crippen molar-refractivity contribution >= 4 is 17.5 Å². The predicted octanol–water partition coefficient (Wildman–Crippen LogP) is 1.73. The van der Waals surface area contributed by atoms with Gasteiger partial charge in [0.1, 0.15) is 0 Å². The van der Waals surface area contributed by atoms with Crippen LogP contribution < -0.4 is 5.32 Å². The van der Waals surface area contributed by atoms with Gasteiger partial charge in [0, 0.05) is 19.3 Å². The molecule has 4 heteroatoms. The van der Waals surface area contributed by atoms with Crippen LogP contribution in [0.4, 0.5) is 5.69 Å². The highest BCUT2D eigenvalue weighted by Crippen LogP contribution is 2.28. The smallest absolute Gasteiger partial charge is 0.263 e. The number of nitrogens with one attached hydrogen (secondary N) is 1. The summed E-state index contributed by atoms with van der Waals surface area (Å²) in [5.74, 6) is -0.370. The van der Waals surface area contributed by atoms with Gasteiger partial charge in [-0.15, -0.1) is 0 Å². The van der Waals surface area contributed by atoms with Crippen LogP contribution in [0.15, 0.2) is 18.2 Å². The van der Waals surface area contributed by atoms with Crippen LogP contribution in [0.25, 0.3) is 0 Å². The van der Waals surface area contributed by atoms with Gasteiger partial charge >= 0.3 is 0 Å². The highest BCUT2D eigenvalue weighted by atomic mass is 16.2. The number of hydrogen-bond donors (Lipinski definition) is 1. The van der Waals surface area contributed by atoms with Gasteiger partial charge in [-0.25, -0.2) is 0 Å². The molecule has 4 nitrogen and oxygen atoms in total. The highest BCUT2D eigenvalue weighted by Gasteiger charge is 2.36. The van der Waals surface area contributed by atoms with E-state index in [0.717, 1.165) is 12.1 Å². The van der Waals surface area contributed by atoms with Gasteiger partial charge in [-0.05, 0) is 18.6 Å². The lowest BCUT2D eigenvalue weighted by Crippen LogP contribution is -2.30. The minimum atomic E-state index is -0.188. The van der Waals surface area contributed by atoms with E-state index in [4.69, 9.17) is 0 Å². The van der Waals surface area contributed by atoms with Gasteiger partial charge in [0.05, 0.1) is 11.1 Å². The van der Waals surface area contributed by atoms with Crippen LogP contribution in [0.3, 0.4) is 0 Å². The fraction of sp³-hybridized carbons (Fsp3) is 0.333. The summed E-state index contributed by atoms with van der Waals surface area (Å²) in [6.45, 7) is 2.43. The minimum Gasteiger partial charge on any atom is -0.387 e. The molecule has 84 valence electrons. The zero-order valence-electron chi connectivity index (χ0n) is 9.41. The van der Waals surface area contributed by atoms with E-state index in [1.807, 2.05) is 6.92 Å². The number of amides is 2. The Bertz CT molecular complexity index is 454. The number of anilines is 1. The molecule has 0 fully saturated rings. The lowest BCUT2D eigenvalue weighted by molar-refractivity contribution is 0.0654. The van der Waals surface area contributed by atoms with E-state index in [1.54, 1.807) is 25.2 Å². The maximum Gasteiger partial charge on any atom is 0.263 e. The first-order valence-corrected chi connectivity index (χ1v) is 5.37. The van der Waals surface area contributed by atoms with Gasteiger partial charge in [0.2, 0.25) is 0 Å². The van der Waals surface area contributed by atoms with E-state index in [1.165, 1.54) is 4.90 Å². The third kappa shape index (κ3) is 1.38. The van der Waals surface area contributed by atoms with Crippen molar-refractivity contribution in [3.63, 3.8) is 0 Å². The third-order valence-electron chi connectivity index (χ3n) is 2.72. The molecule has 0 aromatic heterocycles. The molecule has 0 saturated heterocycles. The first-order chi connectivity index (χ1) is 7.70. The molecule has 0 spiro atoms. The summed E-state index contributed by atoms with van der Waals surface area (Å²) in [5, 5.41) is 2.94. The molecule has 1 aliphatic heterocycles. The van der Waals surface area contributed by atoms with E-state index in [9.17, 15) is 9.59 Å². The lowest BCUT2D eigenvalue weighted by Gasteiger charge is -2.11. The number of carbonyl (C=O) groups excluding carboxylic acids is 2. The monoisotopic (exact) mass is 218 g/mol. The van der Waals surface area contributed by atoms with Crippen LogP contribution in [-0.2, 0) is 0 Å². The summed E-state index contributed by atoms with van der Waals surface area (Å²) in [5.41, 5.74) is 1.73. The summed E-state index contributed by atoms with van der Waals surface area (Å²) in [6, 6.07) is 5.29. The quantitative estimate of drug-likeness (QED) is 0.786. The molecule has 16 heavy (non-hydrogen) atoms. The molecular weight excluding hydrogens is 204 g/mol. The average Bonchev–Trinajstić information content (AvgIpc) is 2.55. The molecule has 1 aliphatic rings. The summed E-state index contributed by atoms with van der Waals surface area (Å²) in [6.07, 6.45) is 0.778. The number of rotatable bonds is 3. The van der Waals surface area contributed by atoms with E-state index in [-0.39, 0.29) is 11.8 Å². The Balaban J connectivity index is 2.51. The molecule has 1 aromatic rings. The number of carbonyl (C=O) groups is 2. The van der Waals surface area contributed by atoms with Crippen LogP contribution in [-0.4, -0.2) is 30.3 Å². The topological polar surface area (TPSA) is 49.4 Å². The SMILES string of the molecule is CCCN1C(=O)c2cccc(NC)c2C1=O. The minimum absolute atomic E-state index is 0.182. The third-order valence-corrected chi connectivity index (χ3v) is 2.72. The molecule has 1 aromatic carbocycles. The first-order valence-electron chi connectivity index (χ1n) is 5.37. The molecule has 0 radical (unpaired) electrons. The van der Waals surface area contributed by atoms with Crippen LogP contribution in [0, 0.1) is 0 Å². The van der Waals surface area contributed by atoms with Crippen LogP contribution in [0.2, 0.25) is 0 Å².